The van der Waals surface area contributed by atoms with Crippen LogP contribution in [0, 0.1) is 18.3 Å². The number of hydrogen-bond acceptors (Lipinski definition) is 2. The maximum atomic E-state index is 12.6. The topological polar surface area (TPSA) is 40.9 Å². The van der Waals surface area contributed by atoms with E-state index in [0.717, 1.165) is 5.56 Å². The second-order valence-corrected chi connectivity index (χ2v) is 6.25. The highest BCUT2D eigenvalue weighted by Gasteiger charge is 2.24. The van der Waals surface area contributed by atoms with Crippen molar-refractivity contribution in [3.8, 4) is 6.07 Å². The molecule has 2 aromatic rings. The van der Waals surface area contributed by atoms with E-state index in [-0.39, 0.29) is 5.78 Å². The van der Waals surface area contributed by atoms with E-state index in [1.54, 1.807) is 30.3 Å². The molecular weight excluding hydrogens is 373 g/mol. The van der Waals surface area contributed by atoms with Gasteiger partial charge in [-0.05, 0) is 36.8 Å². The summed E-state index contributed by atoms with van der Waals surface area (Å²) in [4.78, 5) is 12.6. The molecule has 0 saturated carbocycles. The molecule has 0 heterocycles. The van der Waals surface area contributed by atoms with Gasteiger partial charge in [0.25, 0.3) is 0 Å². The van der Waals surface area contributed by atoms with Crippen molar-refractivity contribution in [3.63, 3.8) is 0 Å². The molecule has 0 aliphatic carbocycles. The molecule has 0 aromatic heterocycles. The summed E-state index contributed by atoms with van der Waals surface area (Å²) < 4.78 is 0.665. The average molecular weight is 383 g/mol. The first-order valence-electron chi connectivity index (χ1n) is 6.09. The summed E-state index contributed by atoms with van der Waals surface area (Å²) in [5.41, 5.74) is 1.96. The summed E-state index contributed by atoms with van der Waals surface area (Å²) in [6.07, 6.45) is 0. The third-order valence-corrected chi connectivity index (χ3v) is 4.49. The molecule has 0 bridgehead atoms. The first kappa shape index (κ1) is 16.0. The first-order chi connectivity index (χ1) is 9.93. The zero-order valence-electron chi connectivity index (χ0n) is 11.0. The number of carbonyl (C=O) groups excluding carboxylic acids is 1. The lowest BCUT2D eigenvalue weighted by Crippen LogP contribution is -2.12. The maximum absolute atomic E-state index is 12.6. The van der Waals surface area contributed by atoms with Gasteiger partial charge in [0.15, 0.2) is 5.78 Å². The zero-order chi connectivity index (χ0) is 15.6. The van der Waals surface area contributed by atoms with E-state index in [4.69, 9.17) is 23.2 Å². The van der Waals surface area contributed by atoms with Crippen LogP contribution < -0.4 is 0 Å². The number of carbonyl (C=O) groups is 1. The van der Waals surface area contributed by atoms with Crippen molar-refractivity contribution in [1.29, 1.82) is 5.26 Å². The Hall–Kier alpha value is -1.34. The van der Waals surface area contributed by atoms with E-state index in [2.05, 4.69) is 15.9 Å². The summed E-state index contributed by atoms with van der Waals surface area (Å²) in [7, 11) is 0. The van der Waals surface area contributed by atoms with Crippen LogP contribution in [0.5, 0.6) is 0 Å². The largest absolute Gasteiger partial charge is 0.292 e. The molecule has 5 heteroatoms. The standard InChI is InChI=1S/C16H10BrCl2NO/c1-9-2-4-13(17)11(6-9)16(21)12(8-20)10-3-5-14(18)15(19)7-10/h2-7,12H,1H3. The lowest BCUT2D eigenvalue weighted by atomic mass is 9.91. The molecule has 21 heavy (non-hydrogen) atoms. The molecule has 0 aliphatic heterocycles. The molecule has 0 N–H and O–H groups in total. The van der Waals surface area contributed by atoms with Gasteiger partial charge in [-0.15, -0.1) is 0 Å². The smallest absolute Gasteiger partial charge is 0.185 e. The van der Waals surface area contributed by atoms with Crippen molar-refractivity contribution in [2.45, 2.75) is 12.8 Å². The number of ketones is 1. The molecule has 0 aliphatic rings. The van der Waals surface area contributed by atoms with Gasteiger partial charge in [-0.1, -0.05) is 56.8 Å². The molecule has 0 radical (unpaired) electrons. The van der Waals surface area contributed by atoms with Gasteiger partial charge in [0, 0.05) is 10.0 Å². The number of benzene rings is 2. The summed E-state index contributed by atoms with van der Waals surface area (Å²) >= 11 is 15.2. The lowest BCUT2D eigenvalue weighted by molar-refractivity contribution is 0.0978. The van der Waals surface area contributed by atoms with Gasteiger partial charge >= 0.3 is 0 Å². The van der Waals surface area contributed by atoms with Crippen molar-refractivity contribution >= 4 is 44.9 Å². The van der Waals surface area contributed by atoms with E-state index in [0.29, 0.717) is 25.6 Å². The van der Waals surface area contributed by atoms with Gasteiger partial charge < -0.3 is 0 Å². The average Bonchev–Trinajstić information content (AvgIpc) is 2.46. The van der Waals surface area contributed by atoms with Gasteiger partial charge in [0.2, 0.25) is 0 Å². The van der Waals surface area contributed by atoms with E-state index >= 15 is 0 Å². The Morgan fingerprint density at radius 2 is 1.90 bits per heavy atom. The van der Waals surface area contributed by atoms with Crippen LogP contribution in [0.3, 0.4) is 0 Å². The van der Waals surface area contributed by atoms with E-state index in [1.807, 2.05) is 19.1 Å². The molecule has 2 nitrogen and oxygen atoms in total. The van der Waals surface area contributed by atoms with E-state index in [9.17, 15) is 10.1 Å². The van der Waals surface area contributed by atoms with Gasteiger partial charge in [-0.25, -0.2) is 0 Å². The Morgan fingerprint density at radius 1 is 1.19 bits per heavy atom. The second kappa shape index (κ2) is 6.62. The van der Waals surface area contributed by atoms with Gasteiger partial charge in [0.1, 0.15) is 5.92 Å². The Bertz CT molecular complexity index is 752. The fourth-order valence-corrected chi connectivity index (χ4v) is 2.71. The van der Waals surface area contributed by atoms with Gasteiger partial charge in [-0.3, -0.25) is 4.79 Å². The van der Waals surface area contributed by atoms with Crippen molar-refractivity contribution < 1.29 is 4.79 Å². The normalized spacial score (nSPS) is 11.8. The molecule has 1 atom stereocenters. The highest BCUT2D eigenvalue weighted by atomic mass is 79.9. The minimum Gasteiger partial charge on any atom is -0.292 e. The number of aryl methyl sites for hydroxylation is 1. The summed E-state index contributed by atoms with van der Waals surface area (Å²) in [6.45, 7) is 1.89. The number of hydrogen-bond donors (Lipinski definition) is 0. The van der Waals surface area contributed by atoms with Crippen LogP contribution in [0.2, 0.25) is 10.0 Å². The van der Waals surface area contributed by atoms with Crippen LogP contribution in [0.4, 0.5) is 0 Å². The molecule has 0 spiro atoms. The second-order valence-electron chi connectivity index (χ2n) is 4.58. The number of halogens is 3. The third kappa shape index (κ3) is 3.47. The van der Waals surface area contributed by atoms with Gasteiger partial charge in [-0.2, -0.15) is 5.26 Å². The van der Waals surface area contributed by atoms with Crippen molar-refractivity contribution in [2.75, 3.05) is 0 Å². The Labute approximate surface area is 141 Å². The number of nitrogens with zero attached hydrogens (tertiary/aromatic N) is 1. The highest BCUT2D eigenvalue weighted by Crippen LogP contribution is 2.30. The van der Waals surface area contributed by atoms with Crippen LogP contribution in [-0.4, -0.2) is 5.78 Å². The van der Waals surface area contributed by atoms with Crippen LogP contribution in [-0.2, 0) is 0 Å². The minimum atomic E-state index is -0.919. The zero-order valence-corrected chi connectivity index (χ0v) is 14.1. The Balaban J connectivity index is 2.46. The van der Waals surface area contributed by atoms with Crippen molar-refractivity contribution in [2.24, 2.45) is 0 Å². The van der Waals surface area contributed by atoms with Crippen LogP contribution in [0.15, 0.2) is 40.9 Å². The highest BCUT2D eigenvalue weighted by molar-refractivity contribution is 9.10. The molecule has 1 unspecified atom stereocenters. The predicted molar refractivity (Wildman–Crippen MR) is 88.0 cm³/mol. The predicted octanol–water partition coefficient (Wildman–Crippen LogP) is 5.55. The van der Waals surface area contributed by atoms with E-state index < -0.39 is 5.92 Å². The van der Waals surface area contributed by atoms with Crippen molar-refractivity contribution in [3.05, 3.63) is 67.6 Å². The number of nitriles is 1. The fourth-order valence-electron chi connectivity index (χ4n) is 1.96. The summed E-state index contributed by atoms with van der Waals surface area (Å²) in [5, 5.41) is 10.1. The molecule has 0 fully saturated rings. The number of rotatable bonds is 3. The van der Waals surface area contributed by atoms with Crippen LogP contribution >= 0.6 is 39.1 Å². The van der Waals surface area contributed by atoms with E-state index in [1.165, 1.54) is 0 Å². The monoisotopic (exact) mass is 381 g/mol. The quantitative estimate of drug-likeness (QED) is 0.652. The Kier molecular flexibility index (Phi) is 5.05. The number of Topliss-reactive ketones (excluding diaryl/α,β-unsaturated/α-hetero) is 1. The molecule has 2 aromatic carbocycles. The Morgan fingerprint density at radius 3 is 2.52 bits per heavy atom. The summed E-state index contributed by atoms with van der Waals surface area (Å²) in [5.74, 6) is -1.19. The lowest BCUT2D eigenvalue weighted by Gasteiger charge is -2.11. The third-order valence-electron chi connectivity index (χ3n) is 3.06. The molecule has 106 valence electrons. The van der Waals surface area contributed by atoms with Gasteiger partial charge in [0.05, 0.1) is 16.1 Å². The molecule has 2 rings (SSSR count). The molecule has 0 saturated heterocycles. The van der Waals surface area contributed by atoms with Crippen LogP contribution in [0.1, 0.15) is 27.4 Å². The summed E-state index contributed by atoms with van der Waals surface area (Å²) in [6, 6.07) is 12.3. The fraction of sp³-hybridized carbons (Fsp3) is 0.125. The maximum Gasteiger partial charge on any atom is 0.185 e. The first-order valence-corrected chi connectivity index (χ1v) is 7.64. The molecular formula is C16H10BrCl2NO. The SMILES string of the molecule is Cc1ccc(Br)c(C(=O)C(C#N)c2ccc(Cl)c(Cl)c2)c1. The minimum absolute atomic E-state index is 0.272. The molecule has 0 amide bonds. The van der Waals surface area contributed by atoms with Crippen molar-refractivity contribution in [1.82, 2.24) is 0 Å². The van der Waals surface area contributed by atoms with Crippen LogP contribution in [0.25, 0.3) is 0 Å².